The Balaban J connectivity index is 1.40. The number of aromatic nitrogens is 1. The van der Waals surface area contributed by atoms with E-state index in [0.717, 1.165) is 11.1 Å². The molecule has 5 nitrogen and oxygen atoms in total. The van der Waals surface area contributed by atoms with E-state index in [1.165, 1.54) is 0 Å². The van der Waals surface area contributed by atoms with Crippen LogP contribution < -0.4 is 5.32 Å². The molecule has 0 spiro atoms. The zero-order chi connectivity index (χ0) is 18.6. The van der Waals surface area contributed by atoms with Crippen LogP contribution in [0.3, 0.4) is 0 Å². The lowest BCUT2D eigenvalue weighted by atomic mass is 10.1. The molecule has 2 aromatic heterocycles. The first-order chi connectivity index (χ1) is 13.2. The second-order valence-electron chi connectivity index (χ2n) is 5.90. The van der Waals surface area contributed by atoms with Gasteiger partial charge in [-0.25, -0.2) is 0 Å². The van der Waals surface area contributed by atoms with E-state index in [0.29, 0.717) is 22.3 Å². The second kappa shape index (κ2) is 7.51. The highest BCUT2D eigenvalue weighted by molar-refractivity contribution is 6.30. The summed E-state index contributed by atoms with van der Waals surface area (Å²) in [6.07, 6.45) is 0. The minimum Gasteiger partial charge on any atom is -0.459 e. The Morgan fingerprint density at radius 1 is 0.926 bits per heavy atom. The average molecular weight is 379 g/mol. The van der Waals surface area contributed by atoms with Crippen LogP contribution in [0.4, 0.5) is 0 Å². The third-order valence-corrected chi connectivity index (χ3v) is 4.27. The van der Waals surface area contributed by atoms with Gasteiger partial charge in [0.05, 0.1) is 6.54 Å². The first kappa shape index (κ1) is 17.1. The molecule has 1 N–H and O–H groups in total. The van der Waals surface area contributed by atoms with E-state index in [4.69, 9.17) is 20.5 Å². The van der Waals surface area contributed by atoms with Crippen molar-refractivity contribution >= 4 is 17.5 Å². The van der Waals surface area contributed by atoms with E-state index in [-0.39, 0.29) is 18.1 Å². The Kier molecular flexibility index (Phi) is 4.77. The maximum atomic E-state index is 12.3. The highest BCUT2D eigenvalue weighted by Gasteiger charge is 2.14. The van der Waals surface area contributed by atoms with Gasteiger partial charge in [-0.2, -0.15) is 0 Å². The Morgan fingerprint density at radius 2 is 1.67 bits per heavy atom. The van der Waals surface area contributed by atoms with Crippen LogP contribution in [0.1, 0.15) is 16.2 Å². The molecule has 2 heterocycles. The summed E-state index contributed by atoms with van der Waals surface area (Å²) in [6.45, 7) is 0.250. The van der Waals surface area contributed by atoms with Gasteiger partial charge < -0.3 is 14.3 Å². The highest BCUT2D eigenvalue weighted by Crippen LogP contribution is 2.24. The van der Waals surface area contributed by atoms with Crippen molar-refractivity contribution < 1.29 is 13.7 Å². The molecule has 1 amide bonds. The number of amides is 1. The molecule has 4 rings (SSSR count). The van der Waals surface area contributed by atoms with E-state index < -0.39 is 0 Å². The minimum atomic E-state index is -0.328. The molecule has 27 heavy (non-hydrogen) atoms. The van der Waals surface area contributed by atoms with Crippen LogP contribution in [-0.2, 0) is 6.54 Å². The fourth-order valence-electron chi connectivity index (χ4n) is 2.62. The number of carbonyl (C=O) groups excluding carboxylic acids is 1. The summed E-state index contributed by atoms with van der Waals surface area (Å²) in [5.41, 5.74) is 2.00. The number of furan rings is 1. The van der Waals surface area contributed by atoms with Gasteiger partial charge in [-0.05, 0) is 36.4 Å². The standard InChI is InChI=1S/C21H15ClN2O3/c22-16-8-6-15(7-9-16)19-11-10-17(26-19)13-23-21(25)18-12-20(27-24-18)14-4-2-1-3-5-14/h1-12H,13H2,(H,23,25). The molecule has 0 atom stereocenters. The molecular formula is C21H15ClN2O3. The highest BCUT2D eigenvalue weighted by atomic mass is 35.5. The lowest BCUT2D eigenvalue weighted by Gasteiger charge is -2.00. The predicted molar refractivity (Wildman–Crippen MR) is 102 cm³/mol. The first-order valence-corrected chi connectivity index (χ1v) is 8.72. The molecular weight excluding hydrogens is 364 g/mol. The largest absolute Gasteiger partial charge is 0.459 e. The molecule has 2 aromatic carbocycles. The van der Waals surface area contributed by atoms with Crippen LogP contribution in [0.5, 0.6) is 0 Å². The summed E-state index contributed by atoms with van der Waals surface area (Å²) in [4.78, 5) is 12.3. The van der Waals surface area contributed by atoms with Gasteiger partial charge in [0.25, 0.3) is 5.91 Å². The van der Waals surface area contributed by atoms with Crippen molar-refractivity contribution in [1.29, 1.82) is 0 Å². The lowest BCUT2D eigenvalue weighted by molar-refractivity contribution is 0.0939. The number of benzene rings is 2. The summed E-state index contributed by atoms with van der Waals surface area (Å²) < 4.78 is 11.0. The van der Waals surface area contributed by atoms with Crippen LogP contribution >= 0.6 is 11.6 Å². The van der Waals surface area contributed by atoms with Crippen molar-refractivity contribution in [3.63, 3.8) is 0 Å². The second-order valence-corrected chi connectivity index (χ2v) is 6.33. The van der Waals surface area contributed by atoms with Crippen LogP contribution in [0.25, 0.3) is 22.6 Å². The van der Waals surface area contributed by atoms with E-state index >= 15 is 0 Å². The molecule has 0 saturated carbocycles. The SMILES string of the molecule is O=C(NCc1ccc(-c2ccc(Cl)cc2)o1)c1cc(-c2ccccc2)on1. The van der Waals surface area contributed by atoms with Crippen molar-refractivity contribution in [2.45, 2.75) is 6.54 Å². The quantitative estimate of drug-likeness (QED) is 0.519. The normalized spacial score (nSPS) is 10.7. The molecule has 6 heteroatoms. The fourth-order valence-corrected chi connectivity index (χ4v) is 2.75. The van der Waals surface area contributed by atoms with Crippen molar-refractivity contribution in [2.24, 2.45) is 0 Å². The van der Waals surface area contributed by atoms with E-state index in [1.54, 1.807) is 18.2 Å². The van der Waals surface area contributed by atoms with Gasteiger partial charge in [-0.15, -0.1) is 0 Å². The van der Waals surface area contributed by atoms with Gasteiger partial charge in [-0.1, -0.05) is 47.1 Å². The smallest absolute Gasteiger partial charge is 0.273 e. The van der Waals surface area contributed by atoms with Crippen molar-refractivity contribution in [1.82, 2.24) is 10.5 Å². The maximum Gasteiger partial charge on any atom is 0.273 e. The Labute approximate surface area is 160 Å². The summed E-state index contributed by atoms with van der Waals surface area (Å²) in [6, 6.07) is 22.1. The molecule has 134 valence electrons. The van der Waals surface area contributed by atoms with Crippen molar-refractivity contribution in [3.05, 3.63) is 89.3 Å². The van der Waals surface area contributed by atoms with Gasteiger partial charge in [-0.3, -0.25) is 4.79 Å². The lowest BCUT2D eigenvalue weighted by Crippen LogP contribution is -2.22. The third-order valence-electron chi connectivity index (χ3n) is 4.01. The Bertz CT molecular complexity index is 1050. The van der Waals surface area contributed by atoms with E-state index in [2.05, 4.69) is 10.5 Å². The van der Waals surface area contributed by atoms with Gasteiger partial charge in [0.1, 0.15) is 11.5 Å². The fraction of sp³-hybridized carbons (Fsp3) is 0.0476. The van der Waals surface area contributed by atoms with Crippen LogP contribution in [0.2, 0.25) is 5.02 Å². The summed E-state index contributed by atoms with van der Waals surface area (Å²) >= 11 is 5.90. The van der Waals surface area contributed by atoms with Crippen molar-refractivity contribution in [2.75, 3.05) is 0 Å². The number of hydrogen-bond donors (Lipinski definition) is 1. The molecule has 0 aliphatic heterocycles. The van der Waals surface area contributed by atoms with Gasteiger partial charge >= 0.3 is 0 Å². The number of carbonyl (C=O) groups is 1. The zero-order valence-corrected chi connectivity index (χ0v) is 14.9. The predicted octanol–water partition coefficient (Wildman–Crippen LogP) is 5.19. The van der Waals surface area contributed by atoms with Crippen LogP contribution in [0, 0.1) is 0 Å². The maximum absolute atomic E-state index is 12.3. The number of halogens is 1. The molecule has 4 aromatic rings. The Hall–Kier alpha value is -3.31. The number of nitrogens with one attached hydrogen (secondary N) is 1. The monoisotopic (exact) mass is 378 g/mol. The molecule has 0 radical (unpaired) electrons. The van der Waals surface area contributed by atoms with Gasteiger partial charge in [0.2, 0.25) is 0 Å². The molecule has 0 unspecified atom stereocenters. The van der Waals surface area contributed by atoms with E-state index in [9.17, 15) is 4.79 Å². The molecule has 0 fully saturated rings. The average Bonchev–Trinajstić information content (AvgIpc) is 3.37. The first-order valence-electron chi connectivity index (χ1n) is 8.34. The summed E-state index contributed by atoms with van der Waals surface area (Å²) in [5, 5.41) is 7.28. The molecule has 0 bridgehead atoms. The van der Waals surface area contributed by atoms with Gasteiger partial charge in [0.15, 0.2) is 11.5 Å². The van der Waals surface area contributed by atoms with Crippen LogP contribution in [0.15, 0.2) is 81.7 Å². The Morgan fingerprint density at radius 3 is 2.44 bits per heavy atom. The molecule has 0 aliphatic carbocycles. The third kappa shape index (κ3) is 3.93. The number of nitrogens with zero attached hydrogens (tertiary/aromatic N) is 1. The minimum absolute atomic E-state index is 0.221. The van der Waals surface area contributed by atoms with Crippen molar-refractivity contribution in [3.8, 4) is 22.6 Å². The number of hydrogen-bond acceptors (Lipinski definition) is 4. The summed E-state index contributed by atoms with van der Waals surface area (Å²) in [5.74, 6) is 1.57. The molecule has 0 aliphatic rings. The molecule has 0 saturated heterocycles. The zero-order valence-electron chi connectivity index (χ0n) is 14.2. The van der Waals surface area contributed by atoms with Gasteiger partial charge in [0, 0.05) is 22.2 Å². The van der Waals surface area contributed by atoms with Crippen LogP contribution in [-0.4, -0.2) is 11.1 Å². The van der Waals surface area contributed by atoms with E-state index in [1.807, 2.05) is 54.6 Å². The number of rotatable bonds is 5. The topological polar surface area (TPSA) is 68.3 Å². The summed E-state index contributed by atoms with van der Waals surface area (Å²) in [7, 11) is 0.